The van der Waals surface area contributed by atoms with Crippen molar-refractivity contribution in [3.8, 4) is 0 Å². The zero-order valence-electron chi connectivity index (χ0n) is 16.3. The quantitative estimate of drug-likeness (QED) is 0.386. The second-order valence-corrected chi connectivity index (χ2v) is 7.64. The lowest BCUT2D eigenvalue weighted by Crippen LogP contribution is -2.68. The van der Waals surface area contributed by atoms with E-state index in [0.717, 1.165) is 25.3 Å². The van der Waals surface area contributed by atoms with Crippen molar-refractivity contribution in [3.05, 3.63) is 18.0 Å². The Kier molecular flexibility index (Phi) is 5.97. The number of halogens is 3. The van der Waals surface area contributed by atoms with E-state index in [4.69, 9.17) is 4.74 Å². The molecule has 3 N–H and O–H groups in total. The van der Waals surface area contributed by atoms with Gasteiger partial charge >= 0.3 is 6.18 Å². The number of alkyl halides is 3. The van der Waals surface area contributed by atoms with E-state index in [1.54, 1.807) is 0 Å². The molecule has 1 aromatic rings. The first-order chi connectivity index (χ1) is 13.2. The highest BCUT2D eigenvalue weighted by Crippen LogP contribution is 2.52. The van der Waals surface area contributed by atoms with Crippen molar-refractivity contribution in [1.82, 2.24) is 20.6 Å². The van der Waals surface area contributed by atoms with Gasteiger partial charge in [0.15, 0.2) is 5.96 Å². The Bertz CT molecular complexity index is 709. The number of nitrogens with zero attached hydrogens (tertiary/aromatic N) is 3. The molecule has 10 heteroatoms. The first-order valence-electron chi connectivity index (χ1n) is 9.54. The van der Waals surface area contributed by atoms with Crippen LogP contribution in [-0.2, 0) is 10.9 Å². The van der Waals surface area contributed by atoms with Gasteiger partial charge in [-0.15, -0.1) is 0 Å². The predicted molar refractivity (Wildman–Crippen MR) is 100 cm³/mol. The molecule has 0 radical (unpaired) electrons. The molecule has 3 unspecified atom stereocenters. The summed E-state index contributed by atoms with van der Waals surface area (Å²) in [5.74, 6) is 1.11. The molecule has 3 atom stereocenters. The second kappa shape index (κ2) is 8.10. The van der Waals surface area contributed by atoms with Gasteiger partial charge in [0.1, 0.15) is 5.69 Å². The molecule has 0 bridgehead atoms. The van der Waals surface area contributed by atoms with Gasteiger partial charge in [0.05, 0.1) is 12.6 Å². The third-order valence-corrected chi connectivity index (χ3v) is 5.35. The van der Waals surface area contributed by atoms with E-state index in [0.29, 0.717) is 31.5 Å². The zero-order chi connectivity index (χ0) is 20.4. The van der Waals surface area contributed by atoms with Crippen molar-refractivity contribution in [2.75, 3.05) is 31.6 Å². The van der Waals surface area contributed by atoms with Crippen LogP contribution in [0, 0.1) is 11.3 Å². The zero-order valence-corrected chi connectivity index (χ0v) is 16.3. The van der Waals surface area contributed by atoms with Gasteiger partial charge in [-0.05, 0) is 19.4 Å². The Hall–Kier alpha value is -2.10. The fourth-order valence-electron chi connectivity index (χ4n) is 4.02. The predicted octanol–water partition coefficient (Wildman–Crippen LogP) is 2.28. The molecule has 2 heterocycles. The SMILES string of the molecule is CCNC(=NCCNc1nccc(C(F)(F)F)n1)NC1C2CCOC2C1(C)C. The van der Waals surface area contributed by atoms with Crippen LogP contribution in [0.25, 0.3) is 0 Å². The average Bonchev–Trinajstić information content (AvgIpc) is 3.10. The summed E-state index contributed by atoms with van der Waals surface area (Å²) in [7, 11) is 0. The minimum atomic E-state index is -4.49. The molecule has 1 aliphatic heterocycles. The number of aliphatic imine (C=N–C) groups is 1. The van der Waals surface area contributed by atoms with E-state index in [-0.39, 0.29) is 23.5 Å². The van der Waals surface area contributed by atoms with Crippen LogP contribution in [0.1, 0.15) is 32.9 Å². The summed E-state index contributed by atoms with van der Waals surface area (Å²) < 4.78 is 43.9. The Morgan fingerprint density at radius 2 is 2.18 bits per heavy atom. The van der Waals surface area contributed by atoms with Crippen LogP contribution < -0.4 is 16.0 Å². The van der Waals surface area contributed by atoms with E-state index in [1.807, 2.05) is 6.92 Å². The highest BCUT2D eigenvalue weighted by Gasteiger charge is 2.59. The minimum Gasteiger partial charge on any atom is -0.377 e. The number of hydrogen-bond acceptors (Lipinski definition) is 5. The highest BCUT2D eigenvalue weighted by atomic mass is 19.4. The minimum absolute atomic E-state index is 0.0292. The molecular formula is C18H27F3N6O. The number of aromatic nitrogens is 2. The van der Waals surface area contributed by atoms with Crippen LogP contribution in [0.15, 0.2) is 17.3 Å². The molecule has 156 valence electrons. The molecule has 1 aliphatic carbocycles. The molecule has 1 saturated carbocycles. The van der Waals surface area contributed by atoms with Crippen LogP contribution in [-0.4, -0.2) is 54.3 Å². The van der Waals surface area contributed by atoms with Crippen LogP contribution in [0.2, 0.25) is 0 Å². The lowest BCUT2D eigenvalue weighted by molar-refractivity contribution is -0.141. The average molecular weight is 400 g/mol. The van der Waals surface area contributed by atoms with Crippen molar-refractivity contribution in [1.29, 1.82) is 0 Å². The number of anilines is 1. The van der Waals surface area contributed by atoms with Gasteiger partial charge in [-0.3, -0.25) is 4.99 Å². The number of nitrogens with one attached hydrogen (secondary N) is 3. The van der Waals surface area contributed by atoms with Crippen LogP contribution in [0.4, 0.5) is 19.1 Å². The fourth-order valence-corrected chi connectivity index (χ4v) is 4.02. The maximum Gasteiger partial charge on any atom is 0.433 e. The van der Waals surface area contributed by atoms with Gasteiger partial charge in [-0.1, -0.05) is 13.8 Å². The van der Waals surface area contributed by atoms with Gasteiger partial charge in [-0.25, -0.2) is 9.97 Å². The monoisotopic (exact) mass is 400 g/mol. The van der Waals surface area contributed by atoms with Gasteiger partial charge in [0, 0.05) is 43.3 Å². The van der Waals surface area contributed by atoms with E-state index >= 15 is 0 Å². The first kappa shape index (κ1) is 20.6. The van der Waals surface area contributed by atoms with Crippen LogP contribution in [0.3, 0.4) is 0 Å². The Morgan fingerprint density at radius 1 is 1.39 bits per heavy atom. The molecule has 1 saturated heterocycles. The van der Waals surface area contributed by atoms with E-state index < -0.39 is 11.9 Å². The molecule has 0 spiro atoms. The summed E-state index contributed by atoms with van der Waals surface area (Å²) in [6.45, 7) is 8.56. The Morgan fingerprint density at radius 3 is 2.89 bits per heavy atom. The van der Waals surface area contributed by atoms with Crippen molar-refractivity contribution in [3.63, 3.8) is 0 Å². The topological polar surface area (TPSA) is 83.5 Å². The van der Waals surface area contributed by atoms with E-state index in [1.165, 1.54) is 0 Å². The van der Waals surface area contributed by atoms with Crippen molar-refractivity contribution in [2.24, 2.45) is 16.3 Å². The largest absolute Gasteiger partial charge is 0.433 e. The molecule has 2 fully saturated rings. The normalized spacial score (nSPS) is 26.4. The van der Waals surface area contributed by atoms with Crippen molar-refractivity contribution >= 4 is 11.9 Å². The van der Waals surface area contributed by atoms with Gasteiger partial charge in [-0.2, -0.15) is 13.2 Å². The number of ether oxygens (including phenoxy) is 1. The molecule has 0 aromatic carbocycles. The summed E-state index contributed by atoms with van der Waals surface area (Å²) in [6, 6.07) is 1.12. The standard InChI is InChI=1S/C18H27F3N6O/c1-4-22-15(27-13-11-6-10-28-14(11)17(13,2)3)24-8-9-25-16-23-7-5-12(26-16)18(19,20)21/h5,7,11,13-14H,4,6,8-10H2,1-3H3,(H2,22,24,27)(H,23,25,26). The number of guanidine groups is 1. The van der Waals surface area contributed by atoms with Crippen LogP contribution >= 0.6 is 0 Å². The molecule has 0 amide bonds. The van der Waals surface area contributed by atoms with Crippen molar-refractivity contribution in [2.45, 2.75) is 45.5 Å². The highest BCUT2D eigenvalue weighted by molar-refractivity contribution is 5.80. The number of hydrogen-bond donors (Lipinski definition) is 3. The maximum atomic E-state index is 12.7. The summed E-state index contributed by atoms with van der Waals surface area (Å²) >= 11 is 0. The lowest BCUT2D eigenvalue weighted by Gasteiger charge is -2.54. The molecule has 1 aromatic heterocycles. The Labute approximate surface area is 162 Å². The number of fused-ring (bicyclic) bond motifs is 1. The molecule has 3 rings (SSSR count). The smallest absolute Gasteiger partial charge is 0.377 e. The third kappa shape index (κ3) is 4.31. The van der Waals surface area contributed by atoms with Gasteiger partial charge in [0.25, 0.3) is 0 Å². The third-order valence-electron chi connectivity index (χ3n) is 5.35. The summed E-state index contributed by atoms with van der Waals surface area (Å²) in [5, 5.41) is 9.50. The molecule has 2 aliphatic rings. The molecule has 7 nitrogen and oxygen atoms in total. The lowest BCUT2D eigenvalue weighted by atomic mass is 9.57. The second-order valence-electron chi connectivity index (χ2n) is 7.64. The van der Waals surface area contributed by atoms with Gasteiger partial charge in [0.2, 0.25) is 5.95 Å². The van der Waals surface area contributed by atoms with Gasteiger partial charge < -0.3 is 20.7 Å². The van der Waals surface area contributed by atoms with Crippen molar-refractivity contribution < 1.29 is 17.9 Å². The van der Waals surface area contributed by atoms with E-state index in [2.05, 4.69) is 44.8 Å². The van der Waals surface area contributed by atoms with E-state index in [9.17, 15) is 13.2 Å². The maximum absolute atomic E-state index is 12.7. The summed E-state index contributed by atoms with van der Waals surface area (Å²) in [4.78, 5) is 11.8. The summed E-state index contributed by atoms with van der Waals surface area (Å²) in [6.07, 6.45) is -2.07. The Balaban J connectivity index is 1.54. The molecule has 28 heavy (non-hydrogen) atoms. The summed E-state index contributed by atoms with van der Waals surface area (Å²) in [5.41, 5.74) is -0.939. The molecular weight excluding hydrogens is 373 g/mol. The fraction of sp³-hybridized carbons (Fsp3) is 0.722. The number of rotatable bonds is 6. The first-order valence-corrected chi connectivity index (χ1v) is 9.54. The van der Waals surface area contributed by atoms with Crippen LogP contribution in [0.5, 0.6) is 0 Å².